The van der Waals surface area contributed by atoms with Gasteiger partial charge in [-0.25, -0.2) is 4.79 Å². The summed E-state index contributed by atoms with van der Waals surface area (Å²) < 4.78 is 41.1. The number of anilines is 1. The van der Waals surface area contributed by atoms with Crippen molar-refractivity contribution >= 4 is 29.3 Å². The van der Waals surface area contributed by atoms with E-state index in [1.54, 1.807) is 18.2 Å². The number of esters is 1. The molecular weight excluding hydrogens is 416 g/mol. The molecule has 6 nitrogen and oxygen atoms in total. The lowest BCUT2D eigenvalue weighted by molar-refractivity contribution is -0.119. The zero-order chi connectivity index (χ0) is 21.9. The fraction of sp³-hybridized carbons (Fsp3) is 0.333. The van der Waals surface area contributed by atoms with Crippen LogP contribution in [0.3, 0.4) is 0 Å². The summed E-state index contributed by atoms with van der Waals surface area (Å²) in [5.74, 6) is -3.10. The zero-order valence-corrected chi connectivity index (χ0v) is 17.5. The van der Waals surface area contributed by atoms with E-state index in [-0.39, 0.29) is 16.1 Å². The van der Waals surface area contributed by atoms with Gasteiger partial charge in [0.25, 0.3) is 11.7 Å². The zero-order valence-electron chi connectivity index (χ0n) is 16.7. The fourth-order valence-electron chi connectivity index (χ4n) is 2.41. The molecule has 2 rings (SSSR count). The molecule has 0 unspecified atom stereocenters. The number of methoxy groups -OCH3 is 1. The molecule has 0 bridgehead atoms. The maximum atomic E-state index is 12.6. The topological polar surface area (TPSA) is 73.9 Å². The Kier molecular flexibility index (Phi) is 9.40. The number of unbranched alkanes of at least 4 members (excludes halogenated alkanes) is 1. The van der Waals surface area contributed by atoms with Gasteiger partial charge in [-0.3, -0.25) is 4.79 Å². The predicted molar refractivity (Wildman–Crippen MR) is 111 cm³/mol. The van der Waals surface area contributed by atoms with Crippen LogP contribution in [0.15, 0.2) is 47.4 Å². The van der Waals surface area contributed by atoms with Crippen molar-refractivity contribution in [1.29, 1.82) is 0 Å². The Morgan fingerprint density at radius 3 is 2.60 bits per heavy atom. The first-order valence-electron chi connectivity index (χ1n) is 9.26. The number of halogens is 2. The van der Waals surface area contributed by atoms with Crippen molar-refractivity contribution in [2.24, 2.45) is 0 Å². The Bertz CT molecular complexity index is 863. The number of nitrogens with one attached hydrogen (secondary N) is 1. The quantitative estimate of drug-likeness (QED) is 0.302. The third kappa shape index (κ3) is 7.22. The third-order valence-corrected chi connectivity index (χ3v) is 4.65. The smallest absolute Gasteiger partial charge is 0.338 e. The molecule has 0 radical (unpaired) electrons. The molecule has 30 heavy (non-hydrogen) atoms. The molecule has 0 saturated carbocycles. The maximum Gasteiger partial charge on any atom is 0.338 e. The molecule has 0 aliphatic heterocycles. The van der Waals surface area contributed by atoms with Gasteiger partial charge in [-0.15, -0.1) is 0 Å². The van der Waals surface area contributed by atoms with Gasteiger partial charge in [0.15, 0.2) is 18.1 Å². The first-order valence-corrected chi connectivity index (χ1v) is 10.1. The van der Waals surface area contributed by atoms with Crippen molar-refractivity contribution < 1.29 is 32.6 Å². The molecule has 0 heterocycles. The van der Waals surface area contributed by atoms with Crippen molar-refractivity contribution in [2.45, 2.75) is 30.4 Å². The van der Waals surface area contributed by atoms with Crippen molar-refractivity contribution in [3.05, 3.63) is 48.0 Å². The van der Waals surface area contributed by atoms with E-state index in [0.717, 1.165) is 12.8 Å². The Hall–Kier alpha value is -2.81. The SMILES string of the molecule is CCCCOc1ccc(C(=O)OCC(=O)Nc2ccccc2SC(F)F)cc1OC. The number of hydrogen-bond acceptors (Lipinski definition) is 6. The number of alkyl halides is 2. The van der Waals surface area contributed by atoms with Crippen LogP contribution in [-0.2, 0) is 9.53 Å². The standard InChI is InChI=1S/C21H23F2NO5S/c1-3-4-11-28-16-10-9-14(12-17(16)27-2)20(26)29-13-19(25)24-15-7-5-6-8-18(15)30-21(22)23/h5-10,12,21H,3-4,11,13H2,1-2H3,(H,24,25). The summed E-state index contributed by atoms with van der Waals surface area (Å²) in [5, 5.41) is 2.47. The molecule has 0 aliphatic rings. The second-order valence-corrected chi connectivity index (χ2v) is 7.10. The van der Waals surface area contributed by atoms with Crippen molar-refractivity contribution in [3.63, 3.8) is 0 Å². The van der Waals surface area contributed by atoms with Gasteiger partial charge in [-0.2, -0.15) is 8.78 Å². The van der Waals surface area contributed by atoms with Crippen LogP contribution in [0.25, 0.3) is 0 Å². The number of thioether (sulfide) groups is 1. The number of para-hydroxylation sites is 1. The van der Waals surface area contributed by atoms with Gasteiger partial charge in [0.05, 0.1) is 25.0 Å². The summed E-state index contributed by atoms with van der Waals surface area (Å²) >= 11 is 0.319. The highest BCUT2D eigenvalue weighted by molar-refractivity contribution is 7.99. The highest BCUT2D eigenvalue weighted by Crippen LogP contribution is 2.31. The van der Waals surface area contributed by atoms with Crippen LogP contribution in [0.4, 0.5) is 14.5 Å². The van der Waals surface area contributed by atoms with Gasteiger partial charge in [0.2, 0.25) is 0 Å². The minimum Gasteiger partial charge on any atom is -0.493 e. The van der Waals surface area contributed by atoms with Crippen molar-refractivity contribution in [1.82, 2.24) is 0 Å². The molecule has 0 fully saturated rings. The number of carbonyl (C=O) groups excluding carboxylic acids is 2. The molecule has 1 N–H and O–H groups in total. The van der Waals surface area contributed by atoms with Gasteiger partial charge >= 0.3 is 5.97 Å². The van der Waals surface area contributed by atoms with E-state index in [4.69, 9.17) is 14.2 Å². The van der Waals surface area contributed by atoms with E-state index in [1.165, 1.54) is 31.4 Å². The summed E-state index contributed by atoms with van der Waals surface area (Å²) in [6.45, 7) is 2.01. The first-order chi connectivity index (χ1) is 14.4. The van der Waals surface area contributed by atoms with Crippen LogP contribution in [0.1, 0.15) is 30.1 Å². The molecule has 2 aromatic rings. The lowest BCUT2D eigenvalue weighted by atomic mass is 10.2. The number of carbonyl (C=O) groups is 2. The second kappa shape index (κ2) is 12.0. The minimum atomic E-state index is -2.62. The maximum absolute atomic E-state index is 12.6. The highest BCUT2D eigenvalue weighted by Gasteiger charge is 2.16. The van der Waals surface area contributed by atoms with E-state index >= 15 is 0 Å². The molecule has 2 aromatic carbocycles. The largest absolute Gasteiger partial charge is 0.493 e. The lowest BCUT2D eigenvalue weighted by Gasteiger charge is -2.12. The monoisotopic (exact) mass is 439 g/mol. The first kappa shape index (κ1) is 23.5. The molecule has 0 aliphatic carbocycles. The van der Waals surface area contributed by atoms with Crippen LogP contribution in [-0.4, -0.2) is 38.0 Å². The number of ether oxygens (including phenoxy) is 3. The van der Waals surface area contributed by atoms with E-state index in [0.29, 0.717) is 29.9 Å². The highest BCUT2D eigenvalue weighted by atomic mass is 32.2. The predicted octanol–water partition coefficient (Wildman–Crippen LogP) is 4.98. The van der Waals surface area contributed by atoms with Crippen LogP contribution < -0.4 is 14.8 Å². The molecule has 1 amide bonds. The third-order valence-electron chi connectivity index (χ3n) is 3.87. The van der Waals surface area contributed by atoms with Crippen LogP contribution in [0.5, 0.6) is 11.5 Å². The summed E-state index contributed by atoms with van der Waals surface area (Å²) in [6.07, 6.45) is 1.88. The molecule has 0 aromatic heterocycles. The van der Waals surface area contributed by atoms with Crippen LogP contribution in [0, 0.1) is 0 Å². The van der Waals surface area contributed by atoms with E-state index in [9.17, 15) is 18.4 Å². The summed E-state index contributed by atoms with van der Waals surface area (Å²) in [6, 6.07) is 10.7. The van der Waals surface area contributed by atoms with Crippen molar-refractivity contribution in [2.75, 3.05) is 25.6 Å². The average Bonchev–Trinajstić information content (AvgIpc) is 2.73. The van der Waals surface area contributed by atoms with Crippen LogP contribution in [0.2, 0.25) is 0 Å². The molecule has 162 valence electrons. The normalized spacial score (nSPS) is 10.6. The van der Waals surface area contributed by atoms with Gasteiger partial charge in [0, 0.05) is 4.90 Å². The molecule has 0 saturated heterocycles. The molecule has 0 atom stereocenters. The Morgan fingerprint density at radius 1 is 1.13 bits per heavy atom. The van der Waals surface area contributed by atoms with Gasteiger partial charge < -0.3 is 19.5 Å². The van der Waals surface area contributed by atoms with E-state index in [1.807, 2.05) is 6.92 Å². The van der Waals surface area contributed by atoms with E-state index < -0.39 is 24.2 Å². The number of benzene rings is 2. The summed E-state index contributed by atoms with van der Waals surface area (Å²) in [5.41, 5.74) is 0.412. The Labute approximate surface area is 177 Å². The van der Waals surface area contributed by atoms with Crippen LogP contribution >= 0.6 is 11.8 Å². The molecule has 9 heteroatoms. The Balaban J connectivity index is 1.94. The molecule has 0 spiro atoms. The molecular formula is C21H23F2NO5S. The van der Waals surface area contributed by atoms with Gasteiger partial charge in [0.1, 0.15) is 0 Å². The van der Waals surface area contributed by atoms with Gasteiger partial charge in [-0.1, -0.05) is 37.2 Å². The average molecular weight is 439 g/mol. The number of amides is 1. The number of rotatable bonds is 11. The second-order valence-electron chi connectivity index (χ2n) is 6.07. The Morgan fingerprint density at radius 2 is 1.90 bits per heavy atom. The fourth-order valence-corrected chi connectivity index (χ4v) is 3.00. The number of hydrogen-bond donors (Lipinski definition) is 1. The summed E-state index contributed by atoms with van der Waals surface area (Å²) in [7, 11) is 1.46. The van der Waals surface area contributed by atoms with E-state index in [2.05, 4.69) is 5.32 Å². The van der Waals surface area contributed by atoms with Gasteiger partial charge in [-0.05, 0) is 36.8 Å². The van der Waals surface area contributed by atoms with Crippen molar-refractivity contribution in [3.8, 4) is 11.5 Å². The summed E-state index contributed by atoms with van der Waals surface area (Å²) in [4.78, 5) is 24.6. The lowest BCUT2D eigenvalue weighted by Crippen LogP contribution is -2.21. The minimum absolute atomic E-state index is 0.191.